The summed E-state index contributed by atoms with van der Waals surface area (Å²) in [5.41, 5.74) is 1.43. The second kappa shape index (κ2) is 5.83. The minimum atomic E-state index is -3.76. The smallest absolute Gasteiger partial charge is 0.299 e. The van der Waals surface area contributed by atoms with Crippen LogP contribution in [0.1, 0.15) is 5.56 Å². The van der Waals surface area contributed by atoms with Crippen LogP contribution in [0.4, 0.5) is 5.69 Å². The molecule has 0 spiro atoms. The summed E-state index contributed by atoms with van der Waals surface area (Å²) in [6.07, 6.45) is 0. The van der Waals surface area contributed by atoms with Gasteiger partial charge in [-0.05, 0) is 43.3 Å². The van der Waals surface area contributed by atoms with Crippen LogP contribution in [0.25, 0.3) is 0 Å². The average Bonchev–Trinajstić information content (AvgIpc) is 2.46. The van der Waals surface area contributed by atoms with Gasteiger partial charge in [-0.2, -0.15) is 8.42 Å². The molecule has 0 aromatic heterocycles. The third-order valence-corrected chi connectivity index (χ3v) is 3.82. The molecule has 2 rings (SSSR count). The standard InChI is InChI=1S/C14H14N2O3S/c1-11-3-9-14(10-4-11)20(17,18)16-15-12-5-7-13(19-2)8-6-12/h3-10H,1-2H3. The SMILES string of the molecule is COc1ccc(N=NS(=O)(=O)c2ccc(C)cc2)cc1. The highest BCUT2D eigenvalue weighted by molar-refractivity contribution is 7.90. The molecule has 0 saturated heterocycles. The number of methoxy groups -OCH3 is 1. The highest BCUT2D eigenvalue weighted by Gasteiger charge is 2.12. The largest absolute Gasteiger partial charge is 0.497 e. The van der Waals surface area contributed by atoms with E-state index in [1.807, 2.05) is 6.92 Å². The van der Waals surface area contributed by atoms with Gasteiger partial charge >= 0.3 is 0 Å². The lowest BCUT2D eigenvalue weighted by molar-refractivity contribution is 0.415. The van der Waals surface area contributed by atoms with Gasteiger partial charge in [-0.1, -0.05) is 22.2 Å². The van der Waals surface area contributed by atoms with Gasteiger partial charge < -0.3 is 4.74 Å². The number of hydrogen-bond acceptors (Lipinski definition) is 4. The molecule has 0 aliphatic carbocycles. The van der Waals surface area contributed by atoms with Crippen LogP contribution >= 0.6 is 0 Å². The highest BCUT2D eigenvalue weighted by Crippen LogP contribution is 2.20. The van der Waals surface area contributed by atoms with Crippen LogP contribution in [-0.4, -0.2) is 15.5 Å². The Labute approximate surface area is 118 Å². The van der Waals surface area contributed by atoms with Gasteiger partial charge in [0.05, 0.1) is 17.7 Å². The summed E-state index contributed by atoms with van der Waals surface area (Å²) in [4.78, 5) is 0.125. The maximum Gasteiger partial charge on any atom is 0.299 e. The molecule has 0 heterocycles. The summed E-state index contributed by atoms with van der Waals surface area (Å²) >= 11 is 0. The Morgan fingerprint density at radius 3 is 2.10 bits per heavy atom. The predicted molar refractivity (Wildman–Crippen MR) is 75.9 cm³/mol. The van der Waals surface area contributed by atoms with Gasteiger partial charge in [0.2, 0.25) is 0 Å². The number of nitrogens with zero attached hydrogens (tertiary/aromatic N) is 2. The van der Waals surface area contributed by atoms with Crippen LogP contribution in [-0.2, 0) is 10.0 Å². The van der Waals surface area contributed by atoms with Crippen molar-refractivity contribution in [1.29, 1.82) is 0 Å². The van der Waals surface area contributed by atoms with Crippen LogP contribution in [0.2, 0.25) is 0 Å². The second-order valence-electron chi connectivity index (χ2n) is 4.17. The van der Waals surface area contributed by atoms with Gasteiger partial charge in [0.15, 0.2) is 0 Å². The predicted octanol–water partition coefficient (Wildman–Crippen LogP) is 3.48. The molecule has 0 bridgehead atoms. The molecule has 0 aliphatic rings. The summed E-state index contributed by atoms with van der Waals surface area (Å²) in [5.74, 6) is 0.672. The Kier molecular flexibility index (Phi) is 4.14. The molecule has 0 radical (unpaired) electrons. The van der Waals surface area contributed by atoms with Crippen molar-refractivity contribution in [2.45, 2.75) is 11.8 Å². The molecule has 0 fully saturated rings. The molecular formula is C14H14N2O3S. The Morgan fingerprint density at radius 2 is 1.55 bits per heavy atom. The van der Waals surface area contributed by atoms with Crippen LogP contribution in [0.3, 0.4) is 0 Å². The zero-order valence-corrected chi connectivity index (χ0v) is 12.0. The Bertz CT molecular complexity index is 705. The van der Waals surface area contributed by atoms with Crippen molar-refractivity contribution < 1.29 is 13.2 Å². The maximum absolute atomic E-state index is 12.0. The maximum atomic E-state index is 12.0. The van der Waals surface area contributed by atoms with E-state index >= 15 is 0 Å². The van der Waals surface area contributed by atoms with Crippen molar-refractivity contribution >= 4 is 15.7 Å². The van der Waals surface area contributed by atoms with Crippen molar-refractivity contribution in [2.75, 3.05) is 7.11 Å². The molecule has 0 unspecified atom stereocenters. The normalized spacial score (nSPS) is 11.7. The summed E-state index contributed by atoms with van der Waals surface area (Å²) < 4.78 is 32.4. The fourth-order valence-corrected chi connectivity index (χ4v) is 2.28. The molecule has 2 aromatic rings. The van der Waals surface area contributed by atoms with Gasteiger partial charge in [-0.25, -0.2) is 0 Å². The summed E-state index contributed by atoms with van der Waals surface area (Å²) in [5, 5.41) is 3.73. The van der Waals surface area contributed by atoms with Crippen LogP contribution in [0, 0.1) is 6.92 Å². The lowest BCUT2D eigenvalue weighted by Crippen LogP contribution is -1.95. The van der Waals surface area contributed by atoms with E-state index in [1.54, 1.807) is 43.5 Å². The molecule has 2 aromatic carbocycles. The molecule has 104 valence electrons. The molecule has 6 heteroatoms. The lowest BCUT2D eigenvalue weighted by Gasteiger charge is -1.99. The zero-order valence-electron chi connectivity index (χ0n) is 11.1. The Balaban J connectivity index is 2.22. The van der Waals surface area contributed by atoms with Crippen molar-refractivity contribution in [3.05, 3.63) is 54.1 Å². The van der Waals surface area contributed by atoms with Crippen LogP contribution in [0.5, 0.6) is 5.75 Å². The monoisotopic (exact) mass is 290 g/mol. The van der Waals surface area contributed by atoms with Crippen LogP contribution < -0.4 is 4.74 Å². The van der Waals surface area contributed by atoms with Gasteiger partial charge in [-0.3, -0.25) is 0 Å². The molecular weight excluding hydrogens is 276 g/mol. The number of aryl methyl sites for hydroxylation is 1. The molecule has 0 aliphatic heterocycles. The number of sulfonamides is 1. The third-order valence-electron chi connectivity index (χ3n) is 2.66. The Hall–Kier alpha value is -2.21. The second-order valence-corrected chi connectivity index (χ2v) is 5.75. The molecule has 0 saturated carbocycles. The number of rotatable bonds is 4. The third kappa shape index (κ3) is 3.42. The fraction of sp³-hybridized carbons (Fsp3) is 0.143. The fourth-order valence-electron chi connectivity index (χ4n) is 1.51. The summed E-state index contributed by atoms with van der Waals surface area (Å²) in [7, 11) is -2.21. The van der Waals surface area contributed by atoms with Crippen molar-refractivity contribution in [3.8, 4) is 5.75 Å². The Morgan fingerprint density at radius 1 is 0.950 bits per heavy atom. The van der Waals surface area contributed by atoms with E-state index in [2.05, 4.69) is 9.63 Å². The van der Waals surface area contributed by atoms with E-state index in [-0.39, 0.29) is 4.90 Å². The zero-order chi connectivity index (χ0) is 14.6. The van der Waals surface area contributed by atoms with Crippen LogP contribution in [0.15, 0.2) is 63.1 Å². The summed E-state index contributed by atoms with van der Waals surface area (Å²) in [6, 6.07) is 13.1. The quantitative estimate of drug-likeness (QED) is 0.809. The first-order valence-electron chi connectivity index (χ1n) is 5.90. The average molecular weight is 290 g/mol. The molecule has 20 heavy (non-hydrogen) atoms. The number of benzene rings is 2. The van der Waals surface area contributed by atoms with E-state index in [0.717, 1.165) is 5.56 Å². The van der Waals surface area contributed by atoms with E-state index in [4.69, 9.17) is 4.74 Å². The number of hydrogen-bond donors (Lipinski definition) is 0. The first-order chi connectivity index (χ1) is 9.51. The van der Waals surface area contributed by atoms with Crippen molar-refractivity contribution in [3.63, 3.8) is 0 Å². The van der Waals surface area contributed by atoms with Gasteiger partial charge in [0.25, 0.3) is 10.0 Å². The van der Waals surface area contributed by atoms with Crippen molar-refractivity contribution in [1.82, 2.24) is 0 Å². The van der Waals surface area contributed by atoms with E-state index in [1.165, 1.54) is 12.1 Å². The van der Waals surface area contributed by atoms with E-state index in [0.29, 0.717) is 11.4 Å². The minimum Gasteiger partial charge on any atom is -0.497 e. The minimum absolute atomic E-state index is 0.125. The van der Waals surface area contributed by atoms with Gasteiger partial charge in [0.1, 0.15) is 5.75 Å². The van der Waals surface area contributed by atoms with Gasteiger partial charge in [-0.15, -0.1) is 5.11 Å². The van der Waals surface area contributed by atoms with Crippen molar-refractivity contribution in [2.24, 2.45) is 9.63 Å². The number of ether oxygens (including phenoxy) is 1. The topological polar surface area (TPSA) is 68.1 Å². The molecule has 0 amide bonds. The van der Waals surface area contributed by atoms with E-state index < -0.39 is 10.0 Å². The highest BCUT2D eigenvalue weighted by atomic mass is 32.2. The lowest BCUT2D eigenvalue weighted by atomic mass is 10.2. The first-order valence-corrected chi connectivity index (χ1v) is 7.34. The first kappa shape index (κ1) is 14.2. The van der Waals surface area contributed by atoms with Gasteiger partial charge in [0, 0.05) is 0 Å². The summed E-state index contributed by atoms with van der Waals surface area (Å²) in [6.45, 7) is 1.88. The molecule has 5 nitrogen and oxygen atoms in total. The molecule has 0 atom stereocenters. The van der Waals surface area contributed by atoms with E-state index in [9.17, 15) is 8.42 Å². The molecule has 0 N–H and O–H groups in total.